The number of benzene rings is 1. The molecule has 0 radical (unpaired) electrons. The normalized spacial score (nSPS) is 15.4. The third-order valence-electron chi connectivity index (χ3n) is 4.70. The number of carbonyl (C=O) groups excluding carboxylic acids is 1. The Morgan fingerprint density at radius 3 is 2.69 bits per heavy atom. The average Bonchev–Trinajstić information content (AvgIpc) is 2.74. The minimum Gasteiger partial charge on any atom is -0.385 e. The number of amides is 1. The van der Waals surface area contributed by atoms with Crippen molar-refractivity contribution in [2.45, 2.75) is 32.3 Å². The molecule has 0 aromatic heterocycles. The van der Waals surface area contributed by atoms with Crippen molar-refractivity contribution in [3.8, 4) is 0 Å². The van der Waals surface area contributed by atoms with E-state index in [1.807, 2.05) is 0 Å². The van der Waals surface area contributed by atoms with Gasteiger partial charge in [-0.3, -0.25) is 9.79 Å². The summed E-state index contributed by atoms with van der Waals surface area (Å²) in [5, 5.41) is 6.67. The first-order chi connectivity index (χ1) is 14.2. The SMILES string of the molecule is CCNC(=NCCNC(=O)c1ccccc1Cl)N1CCC(OCCCOC)CC1. The van der Waals surface area contributed by atoms with Gasteiger partial charge >= 0.3 is 0 Å². The van der Waals surface area contributed by atoms with Crippen LogP contribution in [0.5, 0.6) is 0 Å². The highest BCUT2D eigenvalue weighted by atomic mass is 35.5. The first-order valence-electron chi connectivity index (χ1n) is 10.3. The van der Waals surface area contributed by atoms with Crippen molar-refractivity contribution in [2.24, 2.45) is 4.99 Å². The largest absolute Gasteiger partial charge is 0.385 e. The average molecular weight is 425 g/mol. The van der Waals surface area contributed by atoms with E-state index in [1.54, 1.807) is 31.4 Å². The minimum absolute atomic E-state index is 0.178. The van der Waals surface area contributed by atoms with E-state index in [2.05, 4.69) is 27.4 Å². The van der Waals surface area contributed by atoms with E-state index in [0.717, 1.165) is 58.1 Å². The summed E-state index contributed by atoms with van der Waals surface area (Å²) in [6.45, 7) is 7.13. The molecule has 1 saturated heterocycles. The van der Waals surface area contributed by atoms with Gasteiger partial charge in [0.05, 0.1) is 23.2 Å². The molecule has 0 atom stereocenters. The molecule has 1 aliphatic heterocycles. The van der Waals surface area contributed by atoms with E-state index in [-0.39, 0.29) is 5.91 Å². The first kappa shape index (κ1) is 23.4. The van der Waals surface area contributed by atoms with Crippen LogP contribution >= 0.6 is 11.6 Å². The number of likely N-dealkylation sites (tertiary alicyclic amines) is 1. The first-order valence-corrected chi connectivity index (χ1v) is 10.7. The Bertz CT molecular complexity index is 649. The van der Waals surface area contributed by atoms with Crippen molar-refractivity contribution in [3.63, 3.8) is 0 Å². The topological polar surface area (TPSA) is 75.2 Å². The molecule has 0 saturated carbocycles. The molecule has 1 heterocycles. The molecule has 0 bridgehead atoms. The predicted octanol–water partition coefficient (Wildman–Crippen LogP) is 2.55. The maximum absolute atomic E-state index is 12.2. The summed E-state index contributed by atoms with van der Waals surface area (Å²) in [4.78, 5) is 19.1. The summed E-state index contributed by atoms with van der Waals surface area (Å²) in [5.41, 5.74) is 0.484. The van der Waals surface area contributed by atoms with Crippen LogP contribution in [0.3, 0.4) is 0 Å². The van der Waals surface area contributed by atoms with Crippen LogP contribution < -0.4 is 10.6 Å². The fraction of sp³-hybridized carbons (Fsp3) is 0.619. The maximum Gasteiger partial charge on any atom is 0.252 e. The summed E-state index contributed by atoms with van der Waals surface area (Å²) < 4.78 is 11.0. The van der Waals surface area contributed by atoms with Crippen LogP contribution in [0.1, 0.15) is 36.5 Å². The molecule has 29 heavy (non-hydrogen) atoms. The molecule has 1 amide bonds. The highest BCUT2D eigenvalue weighted by molar-refractivity contribution is 6.33. The molecule has 1 aliphatic rings. The van der Waals surface area contributed by atoms with Crippen LogP contribution in [0.15, 0.2) is 29.3 Å². The third-order valence-corrected chi connectivity index (χ3v) is 5.03. The lowest BCUT2D eigenvalue weighted by Gasteiger charge is -2.34. The molecule has 8 heteroatoms. The molecule has 1 aromatic rings. The molecule has 162 valence electrons. The van der Waals surface area contributed by atoms with Gasteiger partial charge in [0.25, 0.3) is 5.91 Å². The minimum atomic E-state index is -0.178. The molecule has 2 N–H and O–H groups in total. The Labute approximate surface area is 178 Å². The fourth-order valence-corrected chi connectivity index (χ4v) is 3.41. The van der Waals surface area contributed by atoms with Gasteiger partial charge in [0, 0.05) is 46.5 Å². The number of nitrogens with zero attached hydrogens (tertiary/aromatic N) is 2. The Morgan fingerprint density at radius 1 is 1.24 bits per heavy atom. The predicted molar refractivity (Wildman–Crippen MR) is 117 cm³/mol. The second-order valence-corrected chi connectivity index (χ2v) is 7.28. The van der Waals surface area contributed by atoms with Crippen molar-refractivity contribution < 1.29 is 14.3 Å². The van der Waals surface area contributed by atoms with Crippen LogP contribution in [0.25, 0.3) is 0 Å². The van der Waals surface area contributed by atoms with Gasteiger partial charge in [-0.2, -0.15) is 0 Å². The number of methoxy groups -OCH3 is 1. The van der Waals surface area contributed by atoms with E-state index in [1.165, 1.54) is 0 Å². The molecule has 1 aromatic carbocycles. The lowest BCUT2D eigenvalue weighted by atomic mass is 10.1. The van der Waals surface area contributed by atoms with Crippen LogP contribution in [0, 0.1) is 0 Å². The third kappa shape index (κ3) is 8.20. The highest BCUT2D eigenvalue weighted by Crippen LogP contribution is 2.15. The van der Waals surface area contributed by atoms with E-state index in [4.69, 9.17) is 21.1 Å². The molecule has 1 fully saturated rings. The van der Waals surface area contributed by atoms with Gasteiger partial charge in [0.2, 0.25) is 0 Å². The number of rotatable bonds is 10. The van der Waals surface area contributed by atoms with Crippen molar-refractivity contribution in [3.05, 3.63) is 34.9 Å². The van der Waals surface area contributed by atoms with Crippen molar-refractivity contribution in [1.82, 2.24) is 15.5 Å². The molecule has 0 aliphatic carbocycles. The number of piperidine rings is 1. The van der Waals surface area contributed by atoms with Gasteiger partial charge < -0.3 is 25.0 Å². The van der Waals surface area contributed by atoms with Crippen LogP contribution in [-0.2, 0) is 9.47 Å². The number of hydrogen-bond donors (Lipinski definition) is 2. The molecule has 0 spiro atoms. The van der Waals surface area contributed by atoms with Crippen molar-refractivity contribution in [2.75, 3.05) is 53.0 Å². The molecule has 2 rings (SSSR count). The van der Waals surface area contributed by atoms with E-state index in [9.17, 15) is 4.79 Å². The second kappa shape index (κ2) is 13.4. The van der Waals surface area contributed by atoms with Gasteiger partial charge in [-0.25, -0.2) is 0 Å². The van der Waals surface area contributed by atoms with Gasteiger partial charge in [-0.05, 0) is 38.3 Å². The zero-order chi connectivity index (χ0) is 20.9. The fourth-order valence-electron chi connectivity index (χ4n) is 3.19. The van der Waals surface area contributed by atoms with Crippen molar-refractivity contribution in [1.29, 1.82) is 0 Å². The number of nitrogens with one attached hydrogen (secondary N) is 2. The lowest BCUT2D eigenvalue weighted by Crippen LogP contribution is -2.47. The number of carbonyl (C=O) groups is 1. The monoisotopic (exact) mass is 424 g/mol. The Kier molecular flexibility index (Phi) is 10.8. The maximum atomic E-state index is 12.2. The van der Waals surface area contributed by atoms with Gasteiger partial charge in [0.15, 0.2) is 5.96 Å². The van der Waals surface area contributed by atoms with Crippen LogP contribution in [0.2, 0.25) is 5.02 Å². The van der Waals surface area contributed by atoms with Crippen LogP contribution in [-0.4, -0.2) is 75.9 Å². The van der Waals surface area contributed by atoms with E-state index >= 15 is 0 Å². The number of aliphatic imine (C=N–C) groups is 1. The van der Waals surface area contributed by atoms with Crippen LogP contribution in [0.4, 0.5) is 0 Å². The summed E-state index contributed by atoms with van der Waals surface area (Å²) in [7, 11) is 1.71. The number of hydrogen-bond acceptors (Lipinski definition) is 4. The summed E-state index contributed by atoms with van der Waals surface area (Å²) in [6, 6.07) is 7.03. The zero-order valence-electron chi connectivity index (χ0n) is 17.5. The summed E-state index contributed by atoms with van der Waals surface area (Å²) >= 11 is 6.06. The molecule has 0 unspecified atom stereocenters. The van der Waals surface area contributed by atoms with Gasteiger partial charge in [0.1, 0.15) is 0 Å². The number of halogens is 1. The standard InChI is InChI=1S/C21H33ClN4O3/c1-3-23-21(26-13-9-17(10-14-26)29-16-6-15-28-2)25-12-11-24-20(27)18-7-4-5-8-19(18)22/h4-5,7-8,17H,3,6,9-16H2,1-2H3,(H,23,25)(H,24,27). The number of guanidine groups is 1. The zero-order valence-corrected chi connectivity index (χ0v) is 18.2. The lowest BCUT2D eigenvalue weighted by molar-refractivity contribution is 0.00990. The second-order valence-electron chi connectivity index (χ2n) is 6.87. The Morgan fingerprint density at radius 2 is 2.00 bits per heavy atom. The summed E-state index contributed by atoms with van der Waals surface area (Å²) in [6.07, 6.45) is 3.21. The van der Waals surface area contributed by atoms with Gasteiger partial charge in [-0.1, -0.05) is 23.7 Å². The Balaban J connectivity index is 1.75. The van der Waals surface area contributed by atoms with Crippen molar-refractivity contribution >= 4 is 23.5 Å². The molecular formula is C21H33ClN4O3. The quantitative estimate of drug-likeness (QED) is 0.343. The highest BCUT2D eigenvalue weighted by Gasteiger charge is 2.21. The summed E-state index contributed by atoms with van der Waals surface area (Å²) in [5.74, 6) is 0.708. The Hall–Kier alpha value is -1.83. The van der Waals surface area contributed by atoms with Gasteiger partial charge in [-0.15, -0.1) is 0 Å². The smallest absolute Gasteiger partial charge is 0.252 e. The number of ether oxygens (including phenoxy) is 2. The van der Waals surface area contributed by atoms with E-state index < -0.39 is 0 Å². The van der Waals surface area contributed by atoms with E-state index in [0.29, 0.717) is 29.8 Å². The molecular weight excluding hydrogens is 392 g/mol. The molecule has 7 nitrogen and oxygen atoms in total.